The first kappa shape index (κ1) is 15.9. The normalized spacial score (nSPS) is 10.3. The zero-order valence-corrected chi connectivity index (χ0v) is 13.1. The van der Waals surface area contributed by atoms with Crippen LogP contribution < -0.4 is 5.32 Å². The van der Waals surface area contributed by atoms with Crippen molar-refractivity contribution in [3.05, 3.63) is 29.3 Å². The summed E-state index contributed by atoms with van der Waals surface area (Å²) >= 11 is 1.88. The van der Waals surface area contributed by atoms with Crippen molar-refractivity contribution >= 4 is 23.4 Å². The van der Waals surface area contributed by atoms with Crippen molar-refractivity contribution in [1.82, 2.24) is 4.90 Å². The van der Waals surface area contributed by atoms with E-state index in [2.05, 4.69) is 18.5 Å². The number of hydrogen-bond donors (Lipinski definition) is 1. The Bertz CT molecular complexity index is 419. The number of nitrogens with one attached hydrogen (secondary N) is 1. The van der Waals surface area contributed by atoms with Crippen molar-refractivity contribution < 1.29 is 4.79 Å². The molecule has 1 N–H and O–H groups in total. The third-order valence-corrected chi connectivity index (χ3v) is 3.68. The maximum Gasteiger partial charge on any atom is 0.253 e. The summed E-state index contributed by atoms with van der Waals surface area (Å²) in [6.07, 6.45) is 4.52. The van der Waals surface area contributed by atoms with Crippen molar-refractivity contribution in [3.63, 3.8) is 0 Å². The zero-order chi connectivity index (χ0) is 14.3. The van der Waals surface area contributed by atoms with E-state index >= 15 is 0 Å². The quantitative estimate of drug-likeness (QED) is 0.778. The van der Waals surface area contributed by atoms with Crippen LogP contribution in [0.3, 0.4) is 0 Å². The average molecular weight is 280 g/mol. The molecule has 0 unspecified atom stereocenters. The Morgan fingerprint density at radius 2 is 2.05 bits per heavy atom. The lowest BCUT2D eigenvalue weighted by molar-refractivity contribution is 0.0827. The molecule has 1 aromatic rings. The number of aryl methyl sites for hydroxylation is 1. The molecule has 1 amide bonds. The van der Waals surface area contributed by atoms with E-state index in [0.717, 1.165) is 24.2 Å². The highest BCUT2D eigenvalue weighted by molar-refractivity contribution is 7.98. The van der Waals surface area contributed by atoms with Crippen molar-refractivity contribution in [2.24, 2.45) is 0 Å². The summed E-state index contributed by atoms with van der Waals surface area (Å²) in [4.78, 5) is 13.5. The lowest BCUT2D eigenvalue weighted by Gasteiger charge is -2.14. The van der Waals surface area contributed by atoms with E-state index in [0.29, 0.717) is 0 Å². The third kappa shape index (κ3) is 5.15. The minimum absolute atomic E-state index is 0.0467. The first-order chi connectivity index (χ1) is 9.06. The van der Waals surface area contributed by atoms with Crippen LogP contribution in [0.4, 0.5) is 5.69 Å². The van der Waals surface area contributed by atoms with Crippen molar-refractivity contribution in [1.29, 1.82) is 0 Å². The molecule has 0 aromatic heterocycles. The minimum atomic E-state index is 0.0467. The van der Waals surface area contributed by atoms with Gasteiger partial charge < -0.3 is 10.2 Å². The van der Waals surface area contributed by atoms with Gasteiger partial charge in [-0.05, 0) is 49.5 Å². The molecule has 0 spiro atoms. The Hall–Kier alpha value is -1.16. The Morgan fingerprint density at radius 1 is 1.32 bits per heavy atom. The fourth-order valence-corrected chi connectivity index (χ4v) is 2.29. The molecular formula is C15H24N2OS. The number of rotatable bonds is 7. The largest absolute Gasteiger partial charge is 0.385 e. The molecule has 0 bridgehead atoms. The Balaban J connectivity index is 2.62. The van der Waals surface area contributed by atoms with Gasteiger partial charge in [-0.25, -0.2) is 0 Å². The number of benzene rings is 1. The van der Waals surface area contributed by atoms with Crippen molar-refractivity contribution in [2.45, 2.75) is 19.8 Å². The molecule has 19 heavy (non-hydrogen) atoms. The number of hydrogen-bond acceptors (Lipinski definition) is 3. The fraction of sp³-hybridized carbons (Fsp3) is 0.533. The number of carbonyl (C=O) groups is 1. The number of carbonyl (C=O) groups excluding carboxylic acids is 1. The van der Waals surface area contributed by atoms with Crippen LogP contribution in [0.15, 0.2) is 18.2 Å². The molecule has 0 atom stereocenters. The van der Waals surface area contributed by atoms with Crippen LogP contribution >= 0.6 is 11.8 Å². The molecule has 0 aliphatic rings. The van der Waals surface area contributed by atoms with Crippen LogP contribution in [-0.4, -0.2) is 43.5 Å². The number of nitrogens with zero attached hydrogens (tertiary/aromatic N) is 1. The molecule has 0 radical (unpaired) electrons. The fourth-order valence-electron chi connectivity index (χ4n) is 1.80. The highest BCUT2D eigenvalue weighted by atomic mass is 32.2. The lowest BCUT2D eigenvalue weighted by Crippen LogP contribution is -2.21. The molecule has 0 fully saturated rings. The molecule has 1 aromatic carbocycles. The molecule has 0 saturated carbocycles. The van der Waals surface area contributed by atoms with Gasteiger partial charge in [0.15, 0.2) is 0 Å². The van der Waals surface area contributed by atoms with Crippen LogP contribution in [0.1, 0.15) is 28.8 Å². The second kappa shape index (κ2) is 8.10. The van der Waals surface area contributed by atoms with Gasteiger partial charge in [-0.3, -0.25) is 4.79 Å². The maximum atomic E-state index is 11.9. The van der Waals surface area contributed by atoms with Gasteiger partial charge in [0, 0.05) is 31.9 Å². The highest BCUT2D eigenvalue weighted by Crippen LogP contribution is 2.18. The van der Waals surface area contributed by atoms with Gasteiger partial charge in [0.25, 0.3) is 5.91 Å². The van der Waals surface area contributed by atoms with Gasteiger partial charge >= 0.3 is 0 Å². The summed E-state index contributed by atoms with van der Waals surface area (Å²) in [6.45, 7) is 3.02. The van der Waals surface area contributed by atoms with Crippen LogP contribution in [0.5, 0.6) is 0 Å². The third-order valence-electron chi connectivity index (χ3n) is 2.98. The van der Waals surface area contributed by atoms with Gasteiger partial charge in [-0.15, -0.1) is 0 Å². The van der Waals surface area contributed by atoms with Gasteiger partial charge in [0.1, 0.15) is 0 Å². The van der Waals surface area contributed by atoms with E-state index in [1.54, 1.807) is 19.0 Å². The first-order valence-corrected chi connectivity index (χ1v) is 8.00. The summed E-state index contributed by atoms with van der Waals surface area (Å²) in [5.74, 6) is 1.25. The Labute approximate surface area is 120 Å². The van der Waals surface area contributed by atoms with Crippen LogP contribution in [0, 0.1) is 6.92 Å². The molecule has 4 heteroatoms. The SMILES string of the molecule is CSCCCCNc1cc(C(=O)N(C)C)ccc1C. The van der Waals surface area contributed by atoms with E-state index in [1.165, 1.54) is 17.7 Å². The summed E-state index contributed by atoms with van der Waals surface area (Å²) < 4.78 is 0. The predicted octanol–water partition coefficient (Wildman–Crippen LogP) is 3.25. The van der Waals surface area contributed by atoms with E-state index in [-0.39, 0.29) is 5.91 Å². The van der Waals surface area contributed by atoms with Gasteiger partial charge in [-0.1, -0.05) is 6.07 Å². The van der Waals surface area contributed by atoms with Crippen LogP contribution in [0.25, 0.3) is 0 Å². The second-order valence-corrected chi connectivity index (χ2v) is 5.84. The van der Waals surface area contributed by atoms with Gasteiger partial charge in [0.2, 0.25) is 0 Å². The van der Waals surface area contributed by atoms with Crippen molar-refractivity contribution in [2.75, 3.05) is 38.0 Å². The Morgan fingerprint density at radius 3 is 2.68 bits per heavy atom. The first-order valence-electron chi connectivity index (χ1n) is 6.61. The molecule has 0 aliphatic carbocycles. The standard InChI is InChI=1S/C15H24N2OS/c1-12-7-8-13(15(18)17(2)3)11-14(12)16-9-5-6-10-19-4/h7-8,11,16H,5-6,9-10H2,1-4H3. The molecule has 106 valence electrons. The van der Waals surface area contributed by atoms with Crippen LogP contribution in [0.2, 0.25) is 0 Å². The smallest absolute Gasteiger partial charge is 0.253 e. The molecule has 1 rings (SSSR count). The number of anilines is 1. The predicted molar refractivity (Wildman–Crippen MR) is 85.3 cm³/mol. The molecule has 3 nitrogen and oxygen atoms in total. The lowest BCUT2D eigenvalue weighted by atomic mass is 10.1. The monoisotopic (exact) mass is 280 g/mol. The van der Waals surface area contributed by atoms with E-state index in [1.807, 2.05) is 30.0 Å². The number of unbranched alkanes of at least 4 members (excludes halogenated alkanes) is 1. The summed E-state index contributed by atoms with van der Waals surface area (Å²) in [5.41, 5.74) is 2.99. The summed E-state index contributed by atoms with van der Waals surface area (Å²) in [5, 5.41) is 3.43. The zero-order valence-electron chi connectivity index (χ0n) is 12.3. The molecule has 0 heterocycles. The topological polar surface area (TPSA) is 32.3 Å². The average Bonchev–Trinajstić information content (AvgIpc) is 2.39. The highest BCUT2D eigenvalue weighted by Gasteiger charge is 2.09. The van der Waals surface area contributed by atoms with Crippen molar-refractivity contribution in [3.8, 4) is 0 Å². The number of thioether (sulfide) groups is 1. The van der Waals surface area contributed by atoms with E-state index < -0.39 is 0 Å². The van der Waals surface area contributed by atoms with E-state index in [9.17, 15) is 4.79 Å². The second-order valence-electron chi connectivity index (χ2n) is 4.86. The Kier molecular flexibility index (Phi) is 6.78. The molecular weight excluding hydrogens is 256 g/mol. The number of amides is 1. The molecule has 0 aliphatic heterocycles. The van der Waals surface area contributed by atoms with E-state index in [4.69, 9.17) is 0 Å². The minimum Gasteiger partial charge on any atom is -0.385 e. The molecule has 0 saturated heterocycles. The maximum absolute atomic E-state index is 11.9. The summed E-state index contributed by atoms with van der Waals surface area (Å²) in [7, 11) is 3.55. The summed E-state index contributed by atoms with van der Waals surface area (Å²) in [6, 6.07) is 5.84. The van der Waals surface area contributed by atoms with Crippen LogP contribution in [-0.2, 0) is 0 Å². The van der Waals surface area contributed by atoms with Gasteiger partial charge in [0.05, 0.1) is 0 Å². The van der Waals surface area contributed by atoms with Gasteiger partial charge in [-0.2, -0.15) is 11.8 Å².